The normalized spacial score (nSPS) is 10.2. The van der Waals surface area contributed by atoms with Gasteiger partial charge in [-0.15, -0.1) is 0 Å². The van der Waals surface area contributed by atoms with Crippen LogP contribution in [0.3, 0.4) is 0 Å². The third kappa shape index (κ3) is 3.85. The number of amides is 1. The smallest absolute Gasteiger partial charge is 0.261 e. The van der Waals surface area contributed by atoms with Gasteiger partial charge in [0.1, 0.15) is 17.1 Å². The molecule has 1 amide bonds. The van der Waals surface area contributed by atoms with E-state index in [1.54, 1.807) is 25.3 Å². The molecule has 1 N–H and O–H groups in total. The summed E-state index contributed by atoms with van der Waals surface area (Å²) in [6.45, 7) is 0.886. The van der Waals surface area contributed by atoms with E-state index in [0.29, 0.717) is 30.2 Å². The van der Waals surface area contributed by atoms with Gasteiger partial charge in [0.05, 0.1) is 27.4 Å². The van der Waals surface area contributed by atoms with Crippen molar-refractivity contribution >= 4 is 5.91 Å². The third-order valence-corrected chi connectivity index (χ3v) is 2.86. The van der Waals surface area contributed by atoms with Crippen LogP contribution in [0.1, 0.15) is 10.4 Å². The van der Waals surface area contributed by atoms with Crippen LogP contribution < -0.4 is 9.47 Å². The Bertz CT molecular complexity index is 413. The Morgan fingerprint density at radius 2 is 1.75 bits per heavy atom. The Kier molecular flexibility index (Phi) is 6.83. The molecule has 0 unspecified atom stereocenters. The van der Waals surface area contributed by atoms with E-state index in [0.717, 1.165) is 0 Å². The highest BCUT2D eigenvalue weighted by Gasteiger charge is 2.23. The van der Waals surface area contributed by atoms with Gasteiger partial charge in [0.2, 0.25) is 0 Å². The molecule has 0 heterocycles. The molecule has 112 valence electrons. The summed E-state index contributed by atoms with van der Waals surface area (Å²) in [4.78, 5) is 14.1. The first kappa shape index (κ1) is 16.3. The number of nitrogens with zero attached hydrogens (tertiary/aromatic N) is 1. The van der Waals surface area contributed by atoms with Crippen LogP contribution >= 0.6 is 0 Å². The first-order valence-corrected chi connectivity index (χ1v) is 6.29. The molecule has 0 saturated heterocycles. The van der Waals surface area contributed by atoms with E-state index in [2.05, 4.69) is 0 Å². The molecule has 0 saturated carbocycles. The predicted molar refractivity (Wildman–Crippen MR) is 74.4 cm³/mol. The largest absolute Gasteiger partial charge is 0.496 e. The van der Waals surface area contributed by atoms with Crippen molar-refractivity contribution in [3.05, 3.63) is 23.8 Å². The standard InChI is InChI=1S/C14H21NO5/c1-18-10-8-15(7-9-16)14(17)13-11(19-2)5-4-6-12(13)20-3/h4-6,16H,7-10H2,1-3H3. The molecular formula is C14H21NO5. The maximum absolute atomic E-state index is 12.6. The van der Waals surface area contributed by atoms with E-state index in [1.807, 2.05) is 0 Å². The lowest BCUT2D eigenvalue weighted by atomic mass is 10.1. The highest BCUT2D eigenvalue weighted by Crippen LogP contribution is 2.29. The van der Waals surface area contributed by atoms with E-state index in [-0.39, 0.29) is 19.1 Å². The molecular weight excluding hydrogens is 262 g/mol. The van der Waals surface area contributed by atoms with Crippen LogP contribution in [0, 0.1) is 0 Å². The molecule has 20 heavy (non-hydrogen) atoms. The third-order valence-electron chi connectivity index (χ3n) is 2.86. The highest BCUT2D eigenvalue weighted by molar-refractivity contribution is 5.99. The SMILES string of the molecule is COCCN(CCO)C(=O)c1c(OC)cccc1OC. The molecule has 6 heteroatoms. The number of aliphatic hydroxyl groups is 1. The minimum absolute atomic E-state index is 0.118. The summed E-state index contributed by atoms with van der Waals surface area (Å²) in [5, 5.41) is 9.09. The number of methoxy groups -OCH3 is 3. The fraction of sp³-hybridized carbons (Fsp3) is 0.500. The average molecular weight is 283 g/mol. The Labute approximate surface area is 118 Å². The molecule has 1 aromatic carbocycles. The van der Waals surface area contributed by atoms with Crippen molar-refractivity contribution in [2.75, 3.05) is 47.6 Å². The number of hydrogen-bond acceptors (Lipinski definition) is 5. The minimum Gasteiger partial charge on any atom is -0.496 e. The number of rotatable bonds is 8. The number of carbonyl (C=O) groups is 1. The summed E-state index contributed by atoms with van der Waals surface area (Å²) in [6, 6.07) is 5.15. The van der Waals surface area contributed by atoms with E-state index >= 15 is 0 Å². The average Bonchev–Trinajstić information content (AvgIpc) is 2.49. The molecule has 0 atom stereocenters. The van der Waals surface area contributed by atoms with Gasteiger partial charge in [-0.2, -0.15) is 0 Å². The fourth-order valence-corrected chi connectivity index (χ4v) is 1.86. The second-order valence-corrected chi connectivity index (χ2v) is 4.05. The number of benzene rings is 1. The summed E-state index contributed by atoms with van der Waals surface area (Å²) in [6.07, 6.45) is 0. The van der Waals surface area contributed by atoms with E-state index in [9.17, 15) is 4.79 Å². The second-order valence-electron chi connectivity index (χ2n) is 4.05. The number of ether oxygens (including phenoxy) is 3. The maximum Gasteiger partial charge on any atom is 0.261 e. The molecule has 1 rings (SSSR count). The lowest BCUT2D eigenvalue weighted by Crippen LogP contribution is -2.36. The monoisotopic (exact) mass is 283 g/mol. The summed E-state index contributed by atoms with van der Waals surface area (Å²) >= 11 is 0. The van der Waals surface area contributed by atoms with Crippen LogP contribution in [0.15, 0.2) is 18.2 Å². The first-order chi connectivity index (χ1) is 9.69. The van der Waals surface area contributed by atoms with Crippen LogP contribution in [0.25, 0.3) is 0 Å². The van der Waals surface area contributed by atoms with Gasteiger partial charge in [-0.05, 0) is 12.1 Å². The Balaban J connectivity index is 3.09. The topological polar surface area (TPSA) is 68.2 Å². The molecule has 0 aromatic heterocycles. The van der Waals surface area contributed by atoms with Crippen molar-refractivity contribution in [3.8, 4) is 11.5 Å². The number of aliphatic hydroxyl groups excluding tert-OH is 1. The van der Waals surface area contributed by atoms with Crippen molar-refractivity contribution in [1.29, 1.82) is 0 Å². The van der Waals surface area contributed by atoms with Crippen LogP contribution in [0.5, 0.6) is 11.5 Å². The van der Waals surface area contributed by atoms with Gasteiger partial charge in [-0.1, -0.05) is 6.07 Å². The molecule has 0 bridgehead atoms. The zero-order valence-corrected chi connectivity index (χ0v) is 12.1. The first-order valence-electron chi connectivity index (χ1n) is 6.29. The summed E-state index contributed by atoms with van der Waals surface area (Å²) in [5.41, 5.74) is 0.349. The summed E-state index contributed by atoms with van der Waals surface area (Å²) in [7, 11) is 4.56. The van der Waals surface area contributed by atoms with Crippen molar-refractivity contribution < 1.29 is 24.1 Å². The summed E-state index contributed by atoms with van der Waals surface area (Å²) < 4.78 is 15.4. The van der Waals surface area contributed by atoms with Crippen molar-refractivity contribution in [1.82, 2.24) is 4.90 Å². The van der Waals surface area contributed by atoms with Crippen LogP contribution in [-0.2, 0) is 4.74 Å². The zero-order chi connectivity index (χ0) is 15.0. The van der Waals surface area contributed by atoms with Crippen molar-refractivity contribution in [2.24, 2.45) is 0 Å². The van der Waals surface area contributed by atoms with Crippen molar-refractivity contribution in [2.45, 2.75) is 0 Å². The van der Waals surface area contributed by atoms with Gasteiger partial charge in [-0.3, -0.25) is 4.79 Å². The van der Waals surface area contributed by atoms with Crippen LogP contribution in [0.4, 0.5) is 0 Å². The quantitative estimate of drug-likeness (QED) is 0.764. The van der Waals surface area contributed by atoms with Gasteiger partial charge in [0.25, 0.3) is 5.91 Å². The van der Waals surface area contributed by atoms with Gasteiger partial charge in [0.15, 0.2) is 0 Å². The van der Waals surface area contributed by atoms with Gasteiger partial charge < -0.3 is 24.2 Å². The molecule has 0 aliphatic carbocycles. The molecule has 6 nitrogen and oxygen atoms in total. The second kappa shape index (κ2) is 8.39. The fourth-order valence-electron chi connectivity index (χ4n) is 1.86. The predicted octanol–water partition coefficient (Wildman–Crippen LogP) is 0.785. The lowest BCUT2D eigenvalue weighted by molar-refractivity contribution is 0.0650. The Hall–Kier alpha value is -1.79. The highest BCUT2D eigenvalue weighted by atomic mass is 16.5. The molecule has 0 aliphatic rings. The Morgan fingerprint density at radius 1 is 1.15 bits per heavy atom. The van der Waals surface area contributed by atoms with Crippen molar-refractivity contribution in [3.63, 3.8) is 0 Å². The summed E-state index contributed by atoms with van der Waals surface area (Å²) in [5.74, 6) is 0.620. The maximum atomic E-state index is 12.6. The molecule has 0 fully saturated rings. The number of hydrogen-bond donors (Lipinski definition) is 1. The molecule has 1 aromatic rings. The lowest BCUT2D eigenvalue weighted by Gasteiger charge is -2.23. The molecule has 0 spiro atoms. The minimum atomic E-state index is -0.259. The van der Waals surface area contributed by atoms with Crippen LogP contribution in [-0.4, -0.2) is 63.5 Å². The molecule has 0 aliphatic heterocycles. The van der Waals surface area contributed by atoms with Crippen LogP contribution in [0.2, 0.25) is 0 Å². The van der Waals surface area contributed by atoms with E-state index in [4.69, 9.17) is 19.3 Å². The number of carbonyl (C=O) groups excluding carboxylic acids is 1. The van der Waals surface area contributed by atoms with Gasteiger partial charge in [-0.25, -0.2) is 0 Å². The van der Waals surface area contributed by atoms with Gasteiger partial charge in [0, 0.05) is 20.2 Å². The van der Waals surface area contributed by atoms with Gasteiger partial charge >= 0.3 is 0 Å². The van der Waals surface area contributed by atoms with E-state index in [1.165, 1.54) is 19.1 Å². The Morgan fingerprint density at radius 3 is 2.20 bits per heavy atom. The molecule has 0 radical (unpaired) electrons. The van der Waals surface area contributed by atoms with E-state index < -0.39 is 0 Å². The zero-order valence-electron chi connectivity index (χ0n) is 12.1.